The molecule has 0 amide bonds. The number of nitrogens with one attached hydrogen (secondary N) is 2. The van der Waals surface area contributed by atoms with Gasteiger partial charge in [-0.2, -0.15) is 0 Å². The number of ether oxygens (including phenoxy) is 1. The molecule has 1 atom stereocenters. The van der Waals surface area contributed by atoms with E-state index in [1.54, 1.807) is 0 Å². The van der Waals surface area contributed by atoms with E-state index in [0.29, 0.717) is 19.0 Å². The summed E-state index contributed by atoms with van der Waals surface area (Å²) in [5.41, 5.74) is 4.61. The highest BCUT2D eigenvalue weighted by atomic mass is 127. The Hall–Kier alpha value is -1.68. The van der Waals surface area contributed by atoms with Crippen LogP contribution in [0.25, 0.3) is 0 Å². The zero-order valence-electron chi connectivity index (χ0n) is 18.5. The third-order valence-electron chi connectivity index (χ3n) is 5.29. The van der Waals surface area contributed by atoms with Gasteiger partial charge in [-0.15, -0.1) is 24.0 Å². The molecular formula is C24H35IN4O2. The molecule has 31 heavy (non-hydrogen) atoms. The van der Waals surface area contributed by atoms with Crippen LogP contribution in [0.15, 0.2) is 53.5 Å². The molecule has 0 aliphatic carbocycles. The van der Waals surface area contributed by atoms with Crippen LogP contribution in [0.1, 0.15) is 35.3 Å². The molecule has 1 aliphatic rings. The Bertz CT molecular complexity index is 807. The van der Waals surface area contributed by atoms with E-state index in [1.807, 2.05) is 38.1 Å². The zero-order valence-corrected chi connectivity index (χ0v) is 20.8. The molecule has 3 rings (SSSR count). The maximum absolute atomic E-state index is 10.5. The number of halogens is 1. The number of aliphatic imine (C=N–C) groups is 1. The summed E-state index contributed by atoms with van der Waals surface area (Å²) in [5, 5.41) is 17.0. The molecule has 2 aromatic rings. The lowest BCUT2D eigenvalue weighted by Crippen LogP contribution is -2.39. The number of aliphatic hydroxyl groups excluding tert-OH is 1. The quantitative estimate of drug-likeness (QED) is 0.274. The molecular weight excluding hydrogens is 503 g/mol. The highest BCUT2D eigenvalue weighted by Crippen LogP contribution is 2.15. The normalized spacial score (nSPS) is 15.8. The van der Waals surface area contributed by atoms with E-state index >= 15 is 0 Å². The lowest BCUT2D eigenvalue weighted by atomic mass is 10.1. The zero-order chi connectivity index (χ0) is 21.2. The first-order chi connectivity index (χ1) is 14.7. The maximum Gasteiger partial charge on any atom is 0.191 e. The van der Waals surface area contributed by atoms with E-state index in [-0.39, 0.29) is 24.0 Å². The summed E-state index contributed by atoms with van der Waals surface area (Å²) in [6, 6.07) is 16.4. The summed E-state index contributed by atoms with van der Waals surface area (Å²) in [4.78, 5) is 7.18. The van der Waals surface area contributed by atoms with Crippen molar-refractivity contribution < 1.29 is 9.84 Å². The largest absolute Gasteiger partial charge is 0.387 e. The predicted octanol–water partition coefficient (Wildman–Crippen LogP) is 3.23. The van der Waals surface area contributed by atoms with Crippen molar-refractivity contribution >= 4 is 29.9 Å². The van der Waals surface area contributed by atoms with E-state index in [1.165, 1.54) is 16.7 Å². The molecule has 0 aromatic heterocycles. The van der Waals surface area contributed by atoms with E-state index in [0.717, 1.165) is 45.0 Å². The smallest absolute Gasteiger partial charge is 0.191 e. The Labute approximate surface area is 203 Å². The molecule has 0 spiro atoms. The van der Waals surface area contributed by atoms with Gasteiger partial charge in [-0.05, 0) is 30.5 Å². The number of aliphatic hydroxyl groups is 1. The molecule has 0 saturated carbocycles. The molecule has 1 saturated heterocycles. The SMILES string of the molecule is CCNC(=NCc1ccccc1CN1CCOCC1)NCC(O)c1ccc(C)cc1.I. The van der Waals surface area contributed by atoms with Crippen molar-refractivity contribution in [3.63, 3.8) is 0 Å². The summed E-state index contributed by atoms with van der Waals surface area (Å²) < 4.78 is 5.46. The molecule has 2 aromatic carbocycles. The Morgan fingerprint density at radius 3 is 2.42 bits per heavy atom. The van der Waals surface area contributed by atoms with Crippen LogP contribution in [0.5, 0.6) is 0 Å². The molecule has 0 bridgehead atoms. The first-order valence-electron chi connectivity index (χ1n) is 10.8. The molecule has 1 unspecified atom stereocenters. The summed E-state index contributed by atoms with van der Waals surface area (Å²) in [6.45, 7) is 10.3. The summed E-state index contributed by atoms with van der Waals surface area (Å²) >= 11 is 0. The lowest BCUT2D eigenvalue weighted by molar-refractivity contribution is 0.0341. The molecule has 1 heterocycles. The Morgan fingerprint density at radius 1 is 1.06 bits per heavy atom. The molecule has 7 heteroatoms. The Kier molecular flexibility index (Phi) is 11.3. The summed E-state index contributed by atoms with van der Waals surface area (Å²) in [5.74, 6) is 0.713. The van der Waals surface area contributed by atoms with Gasteiger partial charge in [0.1, 0.15) is 0 Å². The van der Waals surface area contributed by atoms with E-state index in [4.69, 9.17) is 9.73 Å². The van der Waals surface area contributed by atoms with E-state index in [2.05, 4.69) is 39.8 Å². The maximum atomic E-state index is 10.5. The third-order valence-corrected chi connectivity index (χ3v) is 5.29. The molecule has 3 N–H and O–H groups in total. The van der Waals surface area contributed by atoms with Crippen molar-refractivity contribution in [1.29, 1.82) is 0 Å². The van der Waals surface area contributed by atoms with Crippen molar-refractivity contribution in [2.45, 2.75) is 33.0 Å². The van der Waals surface area contributed by atoms with Gasteiger partial charge in [0, 0.05) is 32.7 Å². The lowest BCUT2D eigenvalue weighted by Gasteiger charge is -2.27. The van der Waals surface area contributed by atoms with Gasteiger partial charge in [-0.25, -0.2) is 4.99 Å². The average Bonchev–Trinajstić information content (AvgIpc) is 2.77. The minimum absolute atomic E-state index is 0. The van der Waals surface area contributed by atoms with Crippen molar-refractivity contribution in [2.75, 3.05) is 39.4 Å². The van der Waals surface area contributed by atoms with Gasteiger partial charge in [0.15, 0.2) is 5.96 Å². The number of hydrogen-bond acceptors (Lipinski definition) is 4. The number of rotatable bonds is 8. The number of nitrogens with zero attached hydrogens (tertiary/aromatic N) is 2. The first kappa shape index (κ1) is 25.6. The third kappa shape index (κ3) is 8.40. The van der Waals surface area contributed by atoms with Crippen LogP contribution in [0.3, 0.4) is 0 Å². The molecule has 0 radical (unpaired) electrons. The summed E-state index contributed by atoms with van der Waals surface area (Å²) in [7, 11) is 0. The van der Waals surface area contributed by atoms with Crippen molar-refractivity contribution in [3.8, 4) is 0 Å². The molecule has 6 nitrogen and oxygen atoms in total. The van der Waals surface area contributed by atoms with Gasteiger partial charge >= 0.3 is 0 Å². The molecule has 170 valence electrons. The van der Waals surface area contributed by atoms with Crippen molar-refractivity contribution in [1.82, 2.24) is 15.5 Å². The minimum atomic E-state index is -0.580. The van der Waals surface area contributed by atoms with Gasteiger partial charge < -0.3 is 20.5 Å². The van der Waals surface area contributed by atoms with Crippen LogP contribution in [0.4, 0.5) is 0 Å². The highest BCUT2D eigenvalue weighted by molar-refractivity contribution is 14.0. The second-order valence-electron chi connectivity index (χ2n) is 7.66. The van der Waals surface area contributed by atoms with Crippen LogP contribution < -0.4 is 10.6 Å². The van der Waals surface area contributed by atoms with Crippen LogP contribution in [-0.2, 0) is 17.8 Å². The van der Waals surface area contributed by atoms with E-state index < -0.39 is 6.10 Å². The molecule has 1 fully saturated rings. The average molecular weight is 538 g/mol. The number of morpholine rings is 1. The predicted molar refractivity (Wildman–Crippen MR) is 137 cm³/mol. The van der Waals surface area contributed by atoms with Gasteiger partial charge in [0.2, 0.25) is 0 Å². The van der Waals surface area contributed by atoms with Gasteiger partial charge in [0.25, 0.3) is 0 Å². The van der Waals surface area contributed by atoms with Crippen LogP contribution in [0.2, 0.25) is 0 Å². The minimum Gasteiger partial charge on any atom is -0.387 e. The highest BCUT2D eigenvalue weighted by Gasteiger charge is 2.13. The second-order valence-corrected chi connectivity index (χ2v) is 7.66. The van der Waals surface area contributed by atoms with Crippen LogP contribution >= 0.6 is 24.0 Å². The van der Waals surface area contributed by atoms with Gasteiger partial charge in [-0.1, -0.05) is 54.1 Å². The van der Waals surface area contributed by atoms with Crippen molar-refractivity contribution in [3.05, 3.63) is 70.8 Å². The van der Waals surface area contributed by atoms with Crippen molar-refractivity contribution in [2.24, 2.45) is 4.99 Å². The topological polar surface area (TPSA) is 69.1 Å². The fraction of sp³-hybridized carbons (Fsp3) is 0.458. The standard InChI is InChI=1S/C24H34N4O2.HI/c1-3-25-24(27-17-23(29)20-10-8-19(2)9-11-20)26-16-21-6-4-5-7-22(21)18-28-12-14-30-15-13-28;/h4-11,23,29H,3,12-18H2,1-2H3,(H2,25,26,27);1H. The number of benzene rings is 2. The number of aryl methyl sites for hydroxylation is 1. The van der Waals surface area contributed by atoms with Crippen LogP contribution in [0, 0.1) is 6.92 Å². The second kappa shape index (κ2) is 13.7. The van der Waals surface area contributed by atoms with Gasteiger partial charge in [0.05, 0.1) is 25.9 Å². The first-order valence-corrected chi connectivity index (χ1v) is 10.8. The summed E-state index contributed by atoms with van der Waals surface area (Å²) in [6.07, 6.45) is -0.580. The number of hydrogen-bond donors (Lipinski definition) is 3. The fourth-order valence-corrected chi connectivity index (χ4v) is 3.47. The van der Waals surface area contributed by atoms with Crippen LogP contribution in [-0.4, -0.2) is 55.4 Å². The Balaban J connectivity index is 0.00000341. The Morgan fingerprint density at radius 2 is 1.74 bits per heavy atom. The van der Waals surface area contributed by atoms with E-state index in [9.17, 15) is 5.11 Å². The number of guanidine groups is 1. The molecule has 1 aliphatic heterocycles. The fourth-order valence-electron chi connectivity index (χ4n) is 3.47. The monoisotopic (exact) mass is 538 g/mol. The van der Waals surface area contributed by atoms with Gasteiger partial charge in [-0.3, -0.25) is 4.90 Å².